The predicted octanol–water partition coefficient (Wildman–Crippen LogP) is 15.9. The molecule has 8 fully saturated rings. The van der Waals surface area contributed by atoms with Crippen molar-refractivity contribution < 1.29 is 114 Å². The van der Waals surface area contributed by atoms with Crippen molar-refractivity contribution in [2.75, 3.05) is 52.9 Å². The molecule has 0 heterocycles. The van der Waals surface area contributed by atoms with Crippen molar-refractivity contribution in [1.82, 2.24) is 0 Å². The molecule has 650 valence electrons. The number of hydrogen-bond acceptors (Lipinski definition) is 24. The molecule has 10 unspecified atom stereocenters. The zero-order valence-electron chi connectivity index (χ0n) is 69.5. The second-order valence-electron chi connectivity index (χ2n) is 33.6. The minimum atomic E-state index is -0.843. The highest BCUT2D eigenvalue weighted by atomic mass is 16.6. The maximum Gasteiger partial charge on any atom is 0.330 e. The summed E-state index contributed by atoms with van der Waals surface area (Å²) in [5.74, 6) is 0.248. The molecular formula is C92H138O24. The van der Waals surface area contributed by atoms with Gasteiger partial charge in [-0.15, -0.1) is 0 Å². The van der Waals surface area contributed by atoms with Gasteiger partial charge < -0.3 is 66.3 Å². The van der Waals surface area contributed by atoms with E-state index < -0.39 is 84.3 Å². The molecule has 8 saturated carbocycles. The van der Waals surface area contributed by atoms with Crippen LogP contribution in [-0.4, -0.2) is 174 Å². The monoisotopic (exact) mass is 1630 g/mol. The van der Waals surface area contributed by atoms with Crippen LogP contribution in [0.15, 0.2) is 50.6 Å². The van der Waals surface area contributed by atoms with Crippen molar-refractivity contribution in [3.05, 3.63) is 50.6 Å². The lowest BCUT2D eigenvalue weighted by Crippen LogP contribution is -2.44. The van der Waals surface area contributed by atoms with Gasteiger partial charge in [0.15, 0.2) is 0 Å². The van der Waals surface area contributed by atoms with Crippen molar-refractivity contribution in [2.24, 2.45) is 47.3 Å². The Labute approximate surface area is 689 Å². The van der Waals surface area contributed by atoms with Crippen LogP contribution in [0.3, 0.4) is 0 Å². The molecular weight excluding hydrogens is 1490 g/mol. The number of rotatable bonds is 48. The molecule has 0 saturated heterocycles. The van der Waals surface area contributed by atoms with Crippen molar-refractivity contribution >= 4 is 59.7 Å². The van der Waals surface area contributed by atoms with Gasteiger partial charge >= 0.3 is 59.7 Å². The van der Waals surface area contributed by atoms with E-state index in [-0.39, 0.29) is 96.6 Å². The maximum absolute atomic E-state index is 14.7. The largest absolute Gasteiger partial charge is 0.463 e. The lowest BCUT2D eigenvalue weighted by molar-refractivity contribution is -0.181. The molecule has 0 amide bonds. The molecule has 0 aromatic heterocycles. The van der Waals surface area contributed by atoms with Gasteiger partial charge in [0.05, 0.1) is 86.4 Å². The van der Waals surface area contributed by atoms with Crippen LogP contribution in [0.5, 0.6) is 0 Å². The summed E-state index contributed by atoms with van der Waals surface area (Å²) in [6.07, 6.45) is 33.8. The van der Waals surface area contributed by atoms with Crippen LogP contribution in [0, 0.1) is 59.2 Å². The van der Waals surface area contributed by atoms with Gasteiger partial charge in [-0.2, -0.15) is 0 Å². The summed E-state index contributed by atoms with van der Waals surface area (Å²) in [4.78, 5) is 131. The fraction of sp³-hybridized carbons (Fsp3) is 0.783. The maximum atomic E-state index is 14.7. The second kappa shape index (κ2) is 54.3. The Morgan fingerprint density at radius 1 is 0.241 bits per heavy atom. The average molecular weight is 1630 g/mol. The Morgan fingerprint density at radius 3 is 0.741 bits per heavy atom. The number of unbranched alkanes of at least 4 members (excludes halogenated alkanes) is 12. The van der Waals surface area contributed by atoms with Crippen molar-refractivity contribution in [3.63, 3.8) is 0 Å². The minimum Gasteiger partial charge on any atom is -0.463 e. The molecule has 0 bridgehead atoms. The van der Waals surface area contributed by atoms with Gasteiger partial charge in [0.1, 0.15) is 36.6 Å². The van der Waals surface area contributed by atoms with E-state index in [1.165, 1.54) is 0 Å². The summed E-state index contributed by atoms with van der Waals surface area (Å²) in [6, 6.07) is 0. The molecule has 8 aliphatic carbocycles. The van der Waals surface area contributed by atoms with Crippen molar-refractivity contribution in [3.8, 4) is 11.8 Å². The second-order valence-corrected chi connectivity index (χ2v) is 33.6. The van der Waals surface area contributed by atoms with E-state index in [1.54, 1.807) is 0 Å². The summed E-state index contributed by atoms with van der Waals surface area (Å²) < 4.78 is 83.2. The molecule has 8 rings (SSSR count). The Balaban J connectivity index is 0.822. The first-order valence-corrected chi connectivity index (χ1v) is 44.8. The topological polar surface area (TPSA) is 300 Å². The minimum absolute atomic E-state index is 0.0406. The van der Waals surface area contributed by atoms with E-state index >= 15 is 0 Å². The Bertz CT molecular complexity index is 2900. The first-order valence-electron chi connectivity index (χ1n) is 44.8. The van der Waals surface area contributed by atoms with Gasteiger partial charge in [-0.05, 0) is 257 Å². The fourth-order valence-electron chi connectivity index (χ4n) is 17.7. The molecule has 10 atom stereocenters. The summed E-state index contributed by atoms with van der Waals surface area (Å²) >= 11 is 0. The van der Waals surface area contributed by atoms with E-state index in [4.69, 9.17) is 66.3 Å². The third-order valence-electron chi connectivity index (χ3n) is 24.7. The van der Waals surface area contributed by atoms with E-state index in [1.807, 2.05) is 0 Å². The van der Waals surface area contributed by atoms with Crippen molar-refractivity contribution in [2.45, 2.75) is 356 Å². The van der Waals surface area contributed by atoms with Crippen LogP contribution in [0.4, 0.5) is 0 Å². The summed E-state index contributed by atoms with van der Waals surface area (Å²) in [5.41, 5.74) is 0. The zero-order valence-corrected chi connectivity index (χ0v) is 69.5. The van der Waals surface area contributed by atoms with Gasteiger partial charge in [0, 0.05) is 75.4 Å². The Kier molecular flexibility index (Phi) is 44.2. The molecule has 24 nitrogen and oxygen atoms in total. The predicted molar refractivity (Wildman–Crippen MR) is 431 cm³/mol. The highest BCUT2D eigenvalue weighted by Crippen LogP contribution is 2.40. The Hall–Kier alpha value is -6.94. The first-order chi connectivity index (χ1) is 56.4. The smallest absolute Gasteiger partial charge is 0.330 e. The summed E-state index contributed by atoms with van der Waals surface area (Å²) in [5, 5.41) is 0. The first kappa shape index (κ1) is 94.5. The number of carbonyl (C=O) groups is 10. The molecule has 0 aromatic carbocycles. The molecule has 0 aromatic rings. The molecule has 0 aliphatic heterocycles. The average Bonchev–Trinajstić information content (AvgIpc) is 0.819. The van der Waals surface area contributed by atoms with Crippen LogP contribution in [0.2, 0.25) is 0 Å². The molecule has 116 heavy (non-hydrogen) atoms. The highest BCUT2D eigenvalue weighted by Gasteiger charge is 2.46. The molecule has 24 heteroatoms. The van der Waals surface area contributed by atoms with E-state index in [0.717, 1.165) is 204 Å². The van der Waals surface area contributed by atoms with Crippen molar-refractivity contribution in [1.29, 1.82) is 0 Å². The third-order valence-corrected chi connectivity index (χ3v) is 24.7. The van der Waals surface area contributed by atoms with Crippen LogP contribution in [-0.2, 0) is 114 Å². The number of carbonyl (C=O) groups excluding carboxylic acids is 10. The summed E-state index contributed by atoms with van der Waals surface area (Å²) in [6.45, 7) is 17.7. The lowest BCUT2D eigenvalue weighted by atomic mass is 9.82. The van der Waals surface area contributed by atoms with E-state index in [9.17, 15) is 47.9 Å². The van der Waals surface area contributed by atoms with Gasteiger partial charge in [0.2, 0.25) is 0 Å². The number of esters is 10. The SMILES string of the molecule is C=CC(=O)OCCCCCCOC1CCC(C(=O)OC2CCC(OC(=O)C3CCC(OCCCCCCOC(=O)C=C)CC3)C(C(=O)OC3CCCC(C#CC4CCCC(OC(=O)C5CC(OC(=O)C6CCC(OCCCCCCOC(=O)C=C)CC6)CCC5OC(=O)C5CCC(OCCCCCCOC(=O)C=C)CC5)C4)C3)C2)CC1. The highest BCUT2D eigenvalue weighted by molar-refractivity contribution is 5.83. The Morgan fingerprint density at radius 2 is 0.474 bits per heavy atom. The third kappa shape index (κ3) is 35.5. The van der Waals surface area contributed by atoms with E-state index in [2.05, 4.69) is 38.2 Å². The van der Waals surface area contributed by atoms with Gasteiger partial charge in [-0.25, -0.2) is 19.2 Å². The fourth-order valence-corrected chi connectivity index (χ4v) is 17.7. The standard InChI is InChI=1S/C92H138O24/c1-5-83(93)107-57-21-13-9-17-53-103-71-41-33-67(34-42-71)87(97)111-77-49-51-81(115-89(99)69-37-45-73(46-38-69)105-55-19-11-15-23-59-109-85(95)7-3)79(63-77)91(101)113-75-29-25-27-65(61-75)31-32-66-28-26-30-76(62-66)114-92(102)80-64-78(112-88(98)68-35-43-72(44-36-68)104-54-18-10-14-22-58-108-84(94)6-2)50-52-82(80)116-90(100)70-39-47-74(48-40-70)106-56-20-12-16-24-60-110-86(96)8-4/h5-8,65-82H,1-4,9-30,33-64H2. The van der Waals surface area contributed by atoms with E-state index in [0.29, 0.717) is 156 Å². The van der Waals surface area contributed by atoms with Gasteiger partial charge in [0.25, 0.3) is 0 Å². The molecule has 8 aliphatic rings. The quantitative estimate of drug-likeness (QED) is 0.0180. The zero-order chi connectivity index (χ0) is 82.5. The van der Waals surface area contributed by atoms with Crippen LogP contribution in [0.1, 0.15) is 295 Å². The molecule has 0 N–H and O–H groups in total. The summed E-state index contributed by atoms with van der Waals surface area (Å²) in [7, 11) is 0. The van der Waals surface area contributed by atoms with Crippen LogP contribution >= 0.6 is 0 Å². The number of ether oxygens (including phenoxy) is 14. The van der Waals surface area contributed by atoms with Crippen LogP contribution in [0.25, 0.3) is 0 Å². The lowest BCUT2D eigenvalue weighted by Gasteiger charge is -2.37. The van der Waals surface area contributed by atoms with Gasteiger partial charge in [-0.1, -0.05) is 63.8 Å². The van der Waals surface area contributed by atoms with Gasteiger partial charge in [-0.3, -0.25) is 28.8 Å². The number of hydrogen-bond donors (Lipinski definition) is 0. The van der Waals surface area contributed by atoms with Crippen LogP contribution < -0.4 is 0 Å². The molecule has 0 spiro atoms. The molecule has 0 radical (unpaired) electrons. The normalized spacial score (nSPS) is 28.7.